The minimum absolute atomic E-state index is 0.136. The van der Waals surface area contributed by atoms with E-state index in [-0.39, 0.29) is 5.69 Å². The molecule has 0 radical (unpaired) electrons. The average Bonchev–Trinajstić information content (AvgIpc) is 2.85. The number of nitrogens with one attached hydrogen (secondary N) is 2. The van der Waals surface area contributed by atoms with Crippen LogP contribution in [0.15, 0.2) is 47.3 Å². The molecule has 0 spiro atoms. The standard InChI is InChI=1S/C18H22N4O/c1-12-6-4-5-7-14(12)20-13-8-9-16-15(10-13)21-17(23)22(16)18(2,3)11-19/h4-10,20H,11,19H2,1-3H3,(H,21,23). The molecule has 0 amide bonds. The number of nitrogens with two attached hydrogens (primary N) is 1. The van der Waals surface area contributed by atoms with Gasteiger partial charge in [0.05, 0.1) is 16.6 Å². The SMILES string of the molecule is Cc1ccccc1Nc1ccc2c(c1)[nH]c(=O)n2C(C)(C)CN. The van der Waals surface area contributed by atoms with Crippen LogP contribution in [-0.4, -0.2) is 16.1 Å². The van der Waals surface area contributed by atoms with Crippen molar-refractivity contribution in [2.75, 3.05) is 11.9 Å². The molecule has 5 nitrogen and oxygen atoms in total. The van der Waals surface area contributed by atoms with Crippen molar-refractivity contribution in [2.45, 2.75) is 26.3 Å². The van der Waals surface area contributed by atoms with E-state index in [1.807, 2.05) is 50.2 Å². The van der Waals surface area contributed by atoms with Crippen LogP contribution in [0.1, 0.15) is 19.4 Å². The molecule has 0 aliphatic rings. The molecule has 4 N–H and O–H groups in total. The lowest BCUT2D eigenvalue weighted by molar-refractivity contribution is 0.367. The third kappa shape index (κ3) is 2.75. The van der Waals surface area contributed by atoms with Crippen LogP contribution < -0.4 is 16.7 Å². The van der Waals surface area contributed by atoms with Gasteiger partial charge in [0, 0.05) is 17.9 Å². The zero-order valence-corrected chi connectivity index (χ0v) is 13.7. The first kappa shape index (κ1) is 15.4. The number of imidazole rings is 1. The van der Waals surface area contributed by atoms with Crippen molar-refractivity contribution in [3.8, 4) is 0 Å². The molecule has 23 heavy (non-hydrogen) atoms. The highest BCUT2D eigenvalue weighted by molar-refractivity contribution is 5.81. The first-order chi connectivity index (χ1) is 10.9. The van der Waals surface area contributed by atoms with Crippen LogP contribution in [0.25, 0.3) is 11.0 Å². The minimum Gasteiger partial charge on any atom is -0.355 e. The molecule has 0 unspecified atom stereocenters. The maximum Gasteiger partial charge on any atom is 0.327 e. The number of aryl methyl sites for hydroxylation is 1. The molecular weight excluding hydrogens is 288 g/mol. The number of para-hydroxylation sites is 1. The predicted molar refractivity (Wildman–Crippen MR) is 95.4 cm³/mol. The van der Waals surface area contributed by atoms with Crippen molar-refractivity contribution >= 4 is 22.4 Å². The average molecular weight is 310 g/mol. The van der Waals surface area contributed by atoms with E-state index in [1.165, 1.54) is 5.56 Å². The van der Waals surface area contributed by atoms with Crippen molar-refractivity contribution in [1.82, 2.24) is 9.55 Å². The van der Waals surface area contributed by atoms with Crippen LogP contribution in [0.2, 0.25) is 0 Å². The Morgan fingerprint density at radius 1 is 1.22 bits per heavy atom. The first-order valence-electron chi connectivity index (χ1n) is 7.70. The van der Waals surface area contributed by atoms with E-state index >= 15 is 0 Å². The van der Waals surface area contributed by atoms with E-state index in [0.717, 1.165) is 22.4 Å². The summed E-state index contributed by atoms with van der Waals surface area (Å²) >= 11 is 0. The van der Waals surface area contributed by atoms with Gasteiger partial charge in [-0.05, 0) is 50.6 Å². The summed E-state index contributed by atoms with van der Waals surface area (Å²) in [7, 11) is 0. The summed E-state index contributed by atoms with van der Waals surface area (Å²) in [6, 6.07) is 14.0. The Hall–Kier alpha value is -2.53. The van der Waals surface area contributed by atoms with Gasteiger partial charge >= 0.3 is 5.69 Å². The number of benzene rings is 2. The van der Waals surface area contributed by atoms with Gasteiger partial charge in [-0.25, -0.2) is 4.79 Å². The van der Waals surface area contributed by atoms with E-state index in [9.17, 15) is 4.79 Å². The highest BCUT2D eigenvalue weighted by Gasteiger charge is 2.23. The summed E-state index contributed by atoms with van der Waals surface area (Å²) in [5.74, 6) is 0. The first-order valence-corrected chi connectivity index (χ1v) is 7.70. The van der Waals surface area contributed by atoms with Crippen LogP contribution in [0.3, 0.4) is 0 Å². The quantitative estimate of drug-likeness (QED) is 0.693. The van der Waals surface area contributed by atoms with Gasteiger partial charge < -0.3 is 16.0 Å². The Kier molecular flexibility index (Phi) is 3.74. The van der Waals surface area contributed by atoms with Gasteiger partial charge in [0.15, 0.2) is 0 Å². The normalized spacial score (nSPS) is 11.8. The van der Waals surface area contributed by atoms with Crippen LogP contribution in [-0.2, 0) is 5.54 Å². The maximum absolute atomic E-state index is 12.3. The number of aromatic nitrogens is 2. The van der Waals surface area contributed by atoms with Crippen molar-refractivity contribution in [3.05, 3.63) is 58.5 Å². The summed E-state index contributed by atoms with van der Waals surface area (Å²) in [4.78, 5) is 15.2. The number of anilines is 2. The molecule has 5 heteroatoms. The zero-order valence-electron chi connectivity index (χ0n) is 13.7. The molecule has 0 atom stereocenters. The molecule has 1 aromatic heterocycles. The molecule has 0 aliphatic heterocycles. The molecular formula is C18H22N4O. The van der Waals surface area contributed by atoms with E-state index in [2.05, 4.69) is 23.3 Å². The van der Waals surface area contributed by atoms with E-state index in [4.69, 9.17) is 5.73 Å². The van der Waals surface area contributed by atoms with Gasteiger partial charge in [-0.3, -0.25) is 4.57 Å². The van der Waals surface area contributed by atoms with Gasteiger partial charge in [-0.1, -0.05) is 18.2 Å². The molecule has 2 aromatic carbocycles. The minimum atomic E-state index is -0.430. The predicted octanol–water partition coefficient (Wildman–Crippen LogP) is 3.08. The number of nitrogens with zero attached hydrogens (tertiary/aromatic N) is 1. The Morgan fingerprint density at radius 3 is 2.65 bits per heavy atom. The van der Waals surface area contributed by atoms with Gasteiger partial charge in [0.1, 0.15) is 0 Å². The van der Waals surface area contributed by atoms with Crippen molar-refractivity contribution in [1.29, 1.82) is 0 Å². The number of fused-ring (bicyclic) bond motifs is 1. The molecule has 1 heterocycles. The van der Waals surface area contributed by atoms with E-state index in [1.54, 1.807) is 4.57 Å². The second-order valence-corrected chi connectivity index (χ2v) is 6.45. The van der Waals surface area contributed by atoms with Crippen molar-refractivity contribution in [2.24, 2.45) is 5.73 Å². The Bertz CT molecular complexity index is 905. The second kappa shape index (κ2) is 5.59. The highest BCUT2D eigenvalue weighted by Crippen LogP contribution is 2.25. The number of hydrogen-bond acceptors (Lipinski definition) is 3. The third-order valence-electron chi connectivity index (χ3n) is 4.21. The molecule has 3 aromatic rings. The van der Waals surface area contributed by atoms with E-state index in [0.29, 0.717) is 6.54 Å². The van der Waals surface area contributed by atoms with Gasteiger partial charge in [-0.2, -0.15) is 0 Å². The number of hydrogen-bond donors (Lipinski definition) is 3. The summed E-state index contributed by atoms with van der Waals surface area (Å²) in [6.45, 7) is 6.37. The fourth-order valence-corrected chi connectivity index (χ4v) is 2.75. The van der Waals surface area contributed by atoms with E-state index < -0.39 is 5.54 Å². The molecule has 120 valence electrons. The lowest BCUT2D eigenvalue weighted by Gasteiger charge is -2.24. The third-order valence-corrected chi connectivity index (χ3v) is 4.21. The molecule has 0 saturated heterocycles. The van der Waals surface area contributed by atoms with Crippen LogP contribution in [0.4, 0.5) is 11.4 Å². The second-order valence-electron chi connectivity index (χ2n) is 6.45. The van der Waals surface area contributed by atoms with Crippen LogP contribution >= 0.6 is 0 Å². The fourth-order valence-electron chi connectivity index (χ4n) is 2.75. The summed E-state index contributed by atoms with van der Waals surface area (Å²) in [5.41, 5.74) is 10.1. The molecule has 3 rings (SSSR count). The number of rotatable bonds is 4. The topological polar surface area (TPSA) is 75.8 Å². The fraction of sp³-hybridized carbons (Fsp3) is 0.278. The van der Waals surface area contributed by atoms with Gasteiger partial charge in [0.25, 0.3) is 0 Å². The van der Waals surface area contributed by atoms with Gasteiger partial charge in [0.2, 0.25) is 0 Å². The van der Waals surface area contributed by atoms with Gasteiger partial charge in [-0.15, -0.1) is 0 Å². The number of aromatic amines is 1. The summed E-state index contributed by atoms with van der Waals surface area (Å²) in [6.07, 6.45) is 0. The lowest BCUT2D eigenvalue weighted by atomic mass is 10.1. The van der Waals surface area contributed by atoms with Crippen molar-refractivity contribution < 1.29 is 0 Å². The maximum atomic E-state index is 12.3. The highest BCUT2D eigenvalue weighted by atomic mass is 16.1. The molecule has 0 fully saturated rings. The molecule has 0 aliphatic carbocycles. The Morgan fingerprint density at radius 2 is 1.96 bits per heavy atom. The summed E-state index contributed by atoms with van der Waals surface area (Å²) < 4.78 is 1.72. The Balaban J connectivity index is 2.05. The largest absolute Gasteiger partial charge is 0.355 e. The van der Waals surface area contributed by atoms with Crippen LogP contribution in [0.5, 0.6) is 0 Å². The Labute approximate surface area is 135 Å². The van der Waals surface area contributed by atoms with Crippen LogP contribution in [0, 0.1) is 6.92 Å². The lowest BCUT2D eigenvalue weighted by Crippen LogP contribution is -2.40. The molecule has 0 bridgehead atoms. The smallest absolute Gasteiger partial charge is 0.327 e. The monoisotopic (exact) mass is 310 g/mol. The molecule has 0 saturated carbocycles. The zero-order chi connectivity index (χ0) is 16.6. The number of H-pyrrole nitrogens is 1. The summed E-state index contributed by atoms with van der Waals surface area (Å²) in [5, 5.41) is 3.39. The van der Waals surface area contributed by atoms with Crippen molar-refractivity contribution in [3.63, 3.8) is 0 Å².